The first-order valence-electron chi connectivity index (χ1n) is 4.51. The minimum absolute atomic E-state index is 0.0526. The molecule has 0 aromatic rings. The summed E-state index contributed by atoms with van der Waals surface area (Å²) in [5.41, 5.74) is 2.38. The normalized spacial score (nSPS) is 27.0. The lowest BCUT2D eigenvalue weighted by Crippen LogP contribution is -2.33. The maximum Gasteiger partial charge on any atom is 0.315 e. The van der Waals surface area contributed by atoms with Gasteiger partial charge in [-0.2, -0.15) is 0 Å². The van der Waals surface area contributed by atoms with Gasteiger partial charge in [-0.05, 0) is 38.7 Å². The first kappa shape index (κ1) is 7.84. The monoisotopic (exact) mass is 166 g/mol. The maximum atomic E-state index is 11.4. The van der Waals surface area contributed by atoms with E-state index in [0.717, 1.165) is 12.8 Å². The Balaban J connectivity index is 2.41. The molecule has 0 saturated heterocycles. The van der Waals surface area contributed by atoms with Crippen molar-refractivity contribution in [2.45, 2.75) is 33.1 Å². The molecule has 2 heteroatoms. The molecule has 0 N–H and O–H groups in total. The van der Waals surface area contributed by atoms with Gasteiger partial charge < -0.3 is 4.74 Å². The molecule has 0 bridgehead atoms. The molecule has 2 rings (SSSR count). The molecule has 0 spiro atoms. The van der Waals surface area contributed by atoms with Crippen LogP contribution in [0.25, 0.3) is 0 Å². The number of esters is 1. The second-order valence-corrected chi connectivity index (χ2v) is 4.14. The Labute approximate surface area is 72.6 Å². The third-order valence-corrected chi connectivity index (χ3v) is 2.97. The minimum Gasteiger partial charge on any atom is -0.461 e. The van der Waals surface area contributed by atoms with Crippen molar-refractivity contribution >= 4 is 5.97 Å². The molecule has 0 unspecified atom stereocenters. The van der Waals surface area contributed by atoms with E-state index < -0.39 is 0 Å². The molecular formula is C10H14O2. The summed E-state index contributed by atoms with van der Waals surface area (Å²) >= 11 is 0. The van der Waals surface area contributed by atoms with E-state index in [1.165, 1.54) is 17.6 Å². The fourth-order valence-electron chi connectivity index (χ4n) is 2.18. The highest BCUT2D eigenvalue weighted by Gasteiger charge is 2.40. The highest BCUT2D eigenvalue weighted by molar-refractivity contribution is 5.81. The average Bonchev–Trinajstić information content (AvgIpc) is 2.46. The molecule has 0 aromatic heterocycles. The summed E-state index contributed by atoms with van der Waals surface area (Å²) in [7, 11) is 0. The quantitative estimate of drug-likeness (QED) is 0.406. The Morgan fingerprint density at radius 3 is 2.83 bits per heavy atom. The number of carbonyl (C=O) groups excluding carboxylic acids is 1. The maximum absolute atomic E-state index is 11.4. The summed E-state index contributed by atoms with van der Waals surface area (Å²) < 4.78 is 5.11. The number of ether oxygens (including phenoxy) is 1. The van der Waals surface area contributed by atoms with Crippen LogP contribution in [0, 0.1) is 5.41 Å². The van der Waals surface area contributed by atoms with Crippen molar-refractivity contribution in [3.05, 3.63) is 11.1 Å². The van der Waals surface area contributed by atoms with E-state index >= 15 is 0 Å². The molecule has 1 aliphatic heterocycles. The number of hydrogen-bond donors (Lipinski definition) is 0. The van der Waals surface area contributed by atoms with Crippen molar-refractivity contribution in [3.8, 4) is 0 Å². The Morgan fingerprint density at radius 2 is 2.08 bits per heavy atom. The molecule has 2 nitrogen and oxygen atoms in total. The Morgan fingerprint density at radius 1 is 1.33 bits per heavy atom. The van der Waals surface area contributed by atoms with Crippen molar-refractivity contribution in [2.75, 3.05) is 6.61 Å². The van der Waals surface area contributed by atoms with Crippen LogP contribution in [-0.2, 0) is 9.53 Å². The van der Waals surface area contributed by atoms with E-state index in [4.69, 9.17) is 4.74 Å². The van der Waals surface area contributed by atoms with Gasteiger partial charge in [-0.25, -0.2) is 0 Å². The topological polar surface area (TPSA) is 26.3 Å². The lowest BCUT2D eigenvalue weighted by molar-refractivity contribution is -0.152. The van der Waals surface area contributed by atoms with Crippen LogP contribution in [0.3, 0.4) is 0 Å². The second-order valence-electron chi connectivity index (χ2n) is 4.14. The zero-order valence-corrected chi connectivity index (χ0v) is 7.64. The summed E-state index contributed by atoms with van der Waals surface area (Å²) in [5, 5.41) is 0. The fourth-order valence-corrected chi connectivity index (χ4v) is 2.18. The van der Waals surface area contributed by atoms with Gasteiger partial charge in [-0.1, -0.05) is 5.57 Å². The van der Waals surface area contributed by atoms with E-state index in [0.29, 0.717) is 6.61 Å². The Kier molecular flexibility index (Phi) is 1.53. The molecule has 0 amide bonds. The van der Waals surface area contributed by atoms with Crippen molar-refractivity contribution in [3.63, 3.8) is 0 Å². The van der Waals surface area contributed by atoms with Crippen molar-refractivity contribution in [2.24, 2.45) is 5.41 Å². The van der Waals surface area contributed by atoms with Gasteiger partial charge in [0.1, 0.15) is 6.61 Å². The van der Waals surface area contributed by atoms with Gasteiger partial charge in [-0.3, -0.25) is 4.79 Å². The number of cyclic esters (lactones) is 1. The van der Waals surface area contributed by atoms with Gasteiger partial charge >= 0.3 is 5.97 Å². The lowest BCUT2D eigenvalue weighted by Gasteiger charge is -2.30. The van der Waals surface area contributed by atoms with E-state index in [1.54, 1.807) is 0 Å². The summed E-state index contributed by atoms with van der Waals surface area (Å²) in [4.78, 5) is 11.4. The van der Waals surface area contributed by atoms with Crippen molar-refractivity contribution < 1.29 is 9.53 Å². The standard InChI is InChI=1S/C10H14O2/c1-10(2)8-5-3-4-7(8)6-12-9(10)11/h3-6H2,1-2H3. The molecule has 2 aliphatic rings. The minimum atomic E-state index is -0.343. The largest absolute Gasteiger partial charge is 0.461 e. The SMILES string of the molecule is CC1(C)C(=O)OCC2=C1CCC2. The molecule has 0 saturated carbocycles. The van der Waals surface area contributed by atoms with Crippen LogP contribution in [0.5, 0.6) is 0 Å². The van der Waals surface area contributed by atoms with Crippen LogP contribution in [0.2, 0.25) is 0 Å². The summed E-state index contributed by atoms with van der Waals surface area (Å²) in [5.74, 6) is -0.0526. The van der Waals surface area contributed by atoms with Gasteiger partial charge in [0.15, 0.2) is 0 Å². The van der Waals surface area contributed by atoms with E-state index in [1.807, 2.05) is 13.8 Å². The smallest absolute Gasteiger partial charge is 0.315 e. The predicted octanol–water partition coefficient (Wildman–Crippen LogP) is 2.05. The first-order chi connectivity index (χ1) is 5.62. The number of rotatable bonds is 0. The molecule has 12 heavy (non-hydrogen) atoms. The molecule has 0 radical (unpaired) electrons. The van der Waals surface area contributed by atoms with Crippen molar-refractivity contribution in [1.29, 1.82) is 0 Å². The van der Waals surface area contributed by atoms with Gasteiger partial charge in [0.2, 0.25) is 0 Å². The van der Waals surface area contributed by atoms with Crippen LogP contribution in [0.15, 0.2) is 11.1 Å². The number of carbonyl (C=O) groups is 1. The number of hydrogen-bond acceptors (Lipinski definition) is 2. The van der Waals surface area contributed by atoms with Crippen LogP contribution < -0.4 is 0 Å². The summed E-state index contributed by atoms with van der Waals surface area (Å²) in [6, 6.07) is 0. The lowest BCUT2D eigenvalue weighted by atomic mass is 9.81. The zero-order chi connectivity index (χ0) is 8.77. The molecule has 0 atom stereocenters. The first-order valence-corrected chi connectivity index (χ1v) is 4.51. The molecule has 0 aromatic carbocycles. The van der Waals surface area contributed by atoms with Gasteiger partial charge in [0, 0.05) is 0 Å². The van der Waals surface area contributed by atoms with Crippen LogP contribution in [0.1, 0.15) is 33.1 Å². The molecule has 1 aliphatic carbocycles. The average molecular weight is 166 g/mol. The van der Waals surface area contributed by atoms with Crippen molar-refractivity contribution in [1.82, 2.24) is 0 Å². The fraction of sp³-hybridized carbons (Fsp3) is 0.700. The van der Waals surface area contributed by atoms with Gasteiger partial charge in [0.05, 0.1) is 5.41 Å². The van der Waals surface area contributed by atoms with E-state index in [9.17, 15) is 4.79 Å². The molecular weight excluding hydrogens is 152 g/mol. The molecule has 1 heterocycles. The van der Waals surface area contributed by atoms with E-state index in [2.05, 4.69) is 0 Å². The summed E-state index contributed by atoms with van der Waals surface area (Å²) in [6.45, 7) is 4.49. The zero-order valence-electron chi connectivity index (χ0n) is 7.64. The Bertz CT molecular complexity index is 261. The second kappa shape index (κ2) is 2.35. The van der Waals surface area contributed by atoms with Crippen LogP contribution in [-0.4, -0.2) is 12.6 Å². The highest BCUT2D eigenvalue weighted by Crippen LogP contribution is 2.42. The third kappa shape index (κ3) is 0.904. The summed E-state index contributed by atoms with van der Waals surface area (Å²) in [6.07, 6.45) is 3.42. The highest BCUT2D eigenvalue weighted by atomic mass is 16.5. The van der Waals surface area contributed by atoms with Crippen LogP contribution >= 0.6 is 0 Å². The van der Waals surface area contributed by atoms with Gasteiger partial charge in [-0.15, -0.1) is 0 Å². The van der Waals surface area contributed by atoms with Gasteiger partial charge in [0.25, 0.3) is 0 Å². The predicted molar refractivity (Wildman–Crippen MR) is 45.6 cm³/mol. The van der Waals surface area contributed by atoms with Crippen LogP contribution in [0.4, 0.5) is 0 Å². The third-order valence-electron chi connectivity index (χ3n) is 2.97. The molecule has 66 valence electrons. The van der Waals surface area contributed by atoms with E-state index in [-0.39, 0.29) is 11.4 Å². The molecule has 0 fully saturated rings. The Hall–Kier alpha value is -0.790.